The lowest BCUT2D eigenvalue weighted by Gasteiger charge is -2.28. The van der Waals surface area contributed by atoms with Crippen LogP contribution in [-0.4, -0.2) is 30.1 Å². The molecule has 0 spiro atoms. The molecule has 0 atom stereocenters. The number of aromatic nitrogens is 2. The predicted octanol–water partition coefficient (Wildman–Crippen LogP) is 0.898. The van der Waals surface area contributed by atoms with E-state index in [2.05, 4.69) is 23.8 Å². The van der Waals surface area contributed by atoms with Crippen LogP contribution < -0.4 is 10.6 Å². The van der Waals surface area contributed by atoms with Gasteiger partial charge in [-0.05, 0) is 18.0 Å². The lowest BCUT2D eigenvalue weighted by Crippen LogP contribution is -2.37. The first-order valence-corrected chi connectivity index (χ1v) is 4.73. The average Bonchev–Trinajstić information content (AvgIpc) is 2.19. The molecule has 0 amide bonds. The molecule has 0 fully saturated rings. The van der Waals surface area contributed by atoms with Crippen LogP contribution >= 0.6 is 0 Å². The van der Waals surface area contributed by atoms with Gasteiger partial charge in [-0.15, -0.1) is 0 Å². The van der Waals surface area contributed by atoms with Crippen molar-refractivity contribution >= 4 is 5.95 Å². The summed E-state index contributed by atoms with van der Waals surface area (Å²) in [4.78, 5) is 10.4. The Kier molecular flexibility index (Phi) is 3.41. The largest absolute Gasteiger partial charge is 0.343 e. The second-order valence-corrected chi connectivity index (χ2v) is 4.27. The highest BCUT2D eigenvalue weighted by atomic mass is 15.2. The van der Waals surface area contributed by atoms with E-state index in [1.807, 2.05) is 18.0 Å². The molecule has 4 nitrogen and oxygen atoms in total. The lowest BCUT2D eigenvalue weighted by molar-refractivity contribution is 0.383. The zero-order chi connectivity index (χ0) is 10.6. The third-order valence-corrected chi connectivity index (χ3v) is 2.11. The van der Waals surface area contributed by atoms with Crippen molar-refractivity contribution in [2.45, 2.75) is 13.8 Å². The van der Waals surface area contributed by atoms with E-state index >= 15 is 0 Å². The Balaban J connectivity index is 2.64. The van der Waals surface area contributed by atoms with Gasteiger partial charge < -0.3 is 10.6 Å². The second-order valence-electron chi connectivity index (χ2n) is 4.27. The first kappa shape index (κ1) is 10.9. The van der Waals surface area contributed by atoms with Crippen LogP contribution in [-0.2, 0) is 0 Å². The molecule has 2 N–H and O–H groups in total. The Hall–Kier alpha value is -1.16. The van der Waals surface area contributed by atoms with Crippen LogP contribution in [0, 0.1) is 5.41 Å². The second kappa shape index (κ2) is 4.37. The molecule has 1 heterocycles. The summed E-state index contributed by atoms with van der Waals surface area (Å²) in [6, 6.07) is 1.81. The molecule has 0 bridgehead atoms. The molecule has 1 aromatic rings. The summed E-state index contributed by atoms with van der Waals surface area (Å²) in [6.07, 6.45) is 3.49. The highest BCUT2D eigenvalue weighted by Gasteiger charge is 2.19. The zero-order valence-corrected chi connectivity index (χ0v) is 9.07. The number of rotatable bonds is 4. The third kappa shape index (κ3) is 2.96. The maximum absolute atomic E-state index is 5.67. The number of nitrogens with zero attached hydrogens (tertiary/aromatic N) is 3. The van der Waals surface area contributed by atoms with Gasteiger partial charge in [0, 0.05) is 26.0 Å². The van der Waals surface area contributed by atoms with E-state index in [0.29, 0.717) is 6.54 Å². The molecule has 1 rings (SSSR count). The summed E-state index contributed by atoms with van der Waals surface area (Å²) in [5.41, 5.74) is 5.76. The van der Waals surface area contributed by atoms with Crippen LogP contribution in [0.3, 0.4) is 0 Å². The van der Waals surface area contributed by atoms with E-state index < -0.39 is 0 Å². The van der Waals surface area contributed by atoms with Crippen molar-refractivity contribution in [3.63, 3.8) is 0 Å². The third-order valence-electron chi connectivity index (χ3n) is 2.11. The number of nitrogens with two attached hydrogens (primary N) is 1. The van der Waals surface area contributed by atoms with Crippen LogP contribution in [0.25, 0.3) is 0 Å². The van der Waals surface area contributed by atoms with E-state index in [9.17, 15) is 0 Å². The fourth-order valence-corrected chi connectivity index (χ4v) is 1.27. The van der Waals surface area contributed by atoms with Gasteiger partial charge in [-0.3, -0.25) is 0 Å². The summed E-state index contributed by atoms with van der Waals surface area (Å²) in [6.45, 7) is 5.77. The van der Waals surface area contributed by atoms with E-state index in [4.69, 9.17) is 5.73 Å². The predicted molar refractivity (Wildman–Crippen MR) is 58.1 cm³/mol. The van der Waals surface area contributed by atoms with Gasteiger partial charge in [-0.2, -0.15) is 0 Å². The molecular weight excluding hydrogens is 176 g/mol. The molecule has 14 heavy (non-hydrogen) atoms. The Morgan fingerprint density at radius 3 is 2.43 bits per heavy atom. The van der Waals surface area contributed by atoms with Crippen molar-refractivity contribution in [2.24, 2.45) is 11.1 Å². The van der Waals surface area contributed by atoms with Gasteiger partial charge in [0.2, 0.25) is 5.95 Å². The van der Waals surface area contributed by atoms with Crippen LogP contribution in [0.1, 0.15) is 13.8 Å². The summed E-state index contributed by atoms with van der Waals surface area (Å²) in [7, 11) is 1.98. The molecule has 0 aliphatic heterocycles. The summed E-state index contributed by atoms with van der Waals surface area (Å²) >= 11 is 0. The maximum Gasteiger partial charge on any atom is 0.224 e. The summed E-state index contributed by atoms with van der Waals surface area (Å²) in [5.74, 6) is 0.744. The van der Waals surface area contributed by atoms with Crippen molar-refractivity contribution in [2.75, 3.05) is 25.0 Å². The van der Waals surface area contributed by atoms with Crippen molar-refractivity contribution in [1.82, 2.24) is 9.97 Å². The van der Waals surface area contributed by atoms with Gasteiger partial charge in [-0.1, -0.05) is 13.8 Å². The number of hydrogen-bond donors (Lipinski definition) is 1. The van der Waals surface area contributed by atoms with Gasteiger partial charge >= 0.3 is 0 Å². The summed E-state index contributed by atoms with van der Waals surface area (Å²) in [5, 5.41) is 0. The quantitative estimate of drug-likeness (QED) is 0.773. The Morgan fingerprint density at radius 1 is 1.36 bits per heavy atom. The normalized spacial score (nSPS) is 11.4. The van der Waals surface area contributed by atoms with E-state index in [0.717, 1.165) is 12.5 Å². The summed E-state index contributed by atoms with van der Waals surface area (Å²) < 4.78 is 0. The zero-order valence-electron chi connectivity index (χ0n) is 9.07. The van der Waals surface area contributed by atoms with E-state index in [1.54, 1.807) is 12.4 Å². The van der Waals surface area contributed by atoms with Crippen molar-refractivity contribution in [3.8, 4) is 0 Å². The van der Waals surface area contributed by atoms with Gasteiger partial charge in [-0.25, -0.2) is 9.97 Å². The van der Waals surface area contributed by atoms with Gasteiger partial charge in [0.05, 0.1) is 0 Å². The maximum atomic E-state index is 5.67. The van der Waals surface area contributed by atoms with Crippen molar-refractivity contribution in [3.05, 3.63) is 18.5 Å². The Labute approximate surface area is 85.2 Å². The number of anilines is 1. The number of hydrogen-bond acceptors (Lipinski definition) is 4. The fourth-order valence-electron chi connectivity index (χ4n) is 1.27. The standard InChI is InChI=1S/C10H18N4/c1-10(2,7-11)8-14(3)9-12-5-4-6-13-9/h4-6H,7-8,11H2,1-3H3. The van der Waals surface area contributed by atoms with Crippen LogP contribution in [0.5, 0.6) is 0 Å². The highest BCUT2D eigenvalue weighted by molar-refractivity contribution is 5.26. The molecule has 0 aromatic carbocycles. The van der Waals surface area contributed by atoms with E-state index in [1.165, 1.54) is 0 Å². The first-order valence-electron chi connectivity index (χ1n) is 4.73. The molecule has 78 valence electrons. The molecule has 0 aliphatic carbocycles. The van der Waals surface area contributed by atoms with Crippen LogP contribution in [0.4, 0.5) is 5.95 Å². The minimum atomic E-state index is 0.0912. The van der Waals surface area contributed by atoms with Gasteiger partial charge in [0.15, 0.2) is 0 Å². The molecule has 0 saturated heterocycles. The highest BCUT2D eigenvalue weighted by Crippen LogP contribution is 2.16. The minimum absolute atomic E-state index is 0.0912. The molecule has 0 unspecified atom stereocenters. The Morgan fingerprint density at radius 2 is 1.93 bits per heavy atom. The molecule has 4 heteroatoms. The fraction of sp³-hybridized carbons (Fsp3) is 0.600. The smallest absolute Gasteiger partial charge is 0.224 e. The monoisotopic (exact) mass is 194 g/mol. The minimum Gasteiger partial charge on any atom is -0.343 e. The molecular formula is C10H18N4. The van der Waals surface area contributed by atoms with Crippen LogP contribution in [0.2, 0.25) is 0 Å². The molecule has 0 aliphatic rings. The average molecular weight is 194 g/mol. The first-order chi connectivity index (χ1) is 6.55. The van der Waals surface area contributed by atoms with Crippen molar-refractivity contribution < 1.29 is 0 Å². The van der Waals surface area contributed by atoms with Gasteiger partial charge in [0.1, 0.15) is 0 Å². The van der Waals surface area contributed by atoms with Crippen LogP contribution in [0.15, 0.2) is 18.5 Å². The Bertz CT molecular complexity index is 271. The molecule has 0 radical (unpaired) electrons. The SMILES string of the molecule is CN(CC(C)(C)CN)c1ncccn1. The van der Waals surface area contributed by atoms with Gasteiger partial charge in [0.25, 0.3) is 0 Å². The van der Waals surface area contributed by atoms with Crippen molar-refractivity contribution in [1.29, 1.82) is 0 Å². The molecule has 0 saturated carbocycles. The van der Waals surface area contributed by atoms with E-state index in [-0.39, 0.29) is 5.41 Å². The lowest BCUT2D eigenvalue weighted by atomic mass is 9.93. The molecule has 1 aromatic heterocycles. The topological polar surface area (TPSA) is 55.0 Å².